The molecule has 2 aromatic carbocycles. The van der Waals surface area contributed by atoms with Gasteiger partial charge in [0.1, 0.15) is 0 Å². The van der Waals surface area contributed by atoms with Crippen LogP contribution in [0.5, 0.6) is 11.5 Å². The normalized spacial score (nSPS) is 22.5. The number of ether oxygens (including phenoxy) is 1. The number of nitrogens with zero attached hydrogens (tertiary/aromatic N) is 1. The fourth-order valence-corrected chi connectivity index (χ4v) is 4.74. The van der Waals surface area contributed by atoms with Crippen molar-refractivity contribution >= 4 is 0 Å². The lowest BCUT2D eigenvalue weighted by molar-refractivity contribution is 0.187. The second-order valence-corrected chi connectivity index (χ2v) is 7.05. The van der Waals surface area contributed by atoms with Crippen LogP contribution in [0.2, 0.25) is 0 Å². The van der Waals surface area contributed by atoms with Gasteiger partial charge in [-0.05, 0) is 54.6 Å². The number of aromatic hydroxyl groups is 1. The average molecular weight is 323 g/mol. The number of fused-ring (bicyclic) bond motifs is 2. The Morgan fingerprint density at radius 2 is 1.96 bits per heavy atom. The summed E-state index contributed by atoms with van der Waals surface area (Å²) in [5.74, 6) is 1.26. The van der Waals surface area contributed by atoms with Crippen molar-refractivity contribution in [3.63, 3.8) is 0 Å². The van der Waals surface area contributed by atoms with Crippen molar-refractivity contribution in [3.05, 3.63) is 58.1 Å². The Kier molecular flexibility index (Phi) is 3.76. The first-order chi connectivity index (χ1) is 11.7. The molecule has 0 saturated heterocycles. The van der Waals surface area contributed by atoms with Crippen LogP contribution in [0.25, 0.3) is 0 Å². The largest absolute Gasteiger partial charge is 0.504 e. The fourth-order valence-electron chi connectivity index (χ4n) is 4.74. The van der Waals surface area contributed by atoms with Crippen LogP contribution in [0.1, 0.15) is 47.1 Å². The second-order valence-electron chi connectivity index (χ2n) is 7.05. The van der Waals surface area contributed by atoms with Crippen LogP contribution in [0.15, 0.2) is 30.3 Å². The van der Waals surface area contributed by atoms with E-state index >= 15 is 0 Å². The van der Waals surface area contributed by atoms with Gasteiger partial charge in [-0.3, -0.25) is 4.90 Å². The van der Waals surface area contributed by atoms with Gasteiger partial charge in [0.05, 0.1) is 7.11 Å². The van der Waals surface area contributed by atoms with Crippen LogP contribution in [0.4, 0.5) is 0 Å². The first-order valence-electron chi connectivity index (χ1n) is 8.85. The van der Waals surface area contributed by atoms with Gasteiger partial charge >= 0.3 is 0 Å². The van der Waals surface area contributed by atoms with Crippen LogP contribution >= 0.6 is 0 Å². The monoisotopic (exact) mass is 323 g/mol. The Balaban J connectivity index is 2.03. The van der Waals surface area contributed by atoms with Gasteiger partial charge in [-0.15, -0.1) is 0 Å². The van der Waals surface area contributed by atoms with E-state index in [0.717, 1.165) is 31.4 Å². The minimum absolute atomic E-state index is 0.321. The first kappa shape index (κ1) is 15.5. The average Bonchev–Trinajstić information content (AvgIpc) is 2.76. The number of hydrogen-bond acceptors (Lipinski definition) is 3. The molecule has 0 bridgehead atoms. The zero-order chi connectivity index (χ0) is 16.8. The highest BCUT2D eigenvalue weighted by Gasteiger charge is 2.39. The molecule has 1 heterocycles. The Labute approximate surface area is 143 Å². The molecule has 126 valence electrons. The third-order valence-electron chi connectivity index (χ3n) is 5.86. The molecule has 0 radical (unpaired) electrons. The summed E-state index contributed by atoms with van der Waals surface area (Å²) in [5, 5.41) is 10.8. The molecule has 0 spiro atoms. The molecule has 2 unspecified atom stereocenters. The van der Waals surface area contributed by atoms with Crippen molar-refractivity contribution < 1.29 is 9.84 Å². The number of rotatable bonds is 2. The van der Waals surface area contributed by atoms with Gasteiger partial charge in [0.2, 0.25) is 0 Å². The van der Waals surface area contributed by atoms with E-state index < -0.39 is 0 Å². The maximum Gasteiger partial charge on any atom is 0.162 e. The molecule has 3 nitrogen and oxygen atoms in total. The van der Waals surface area contributed by atoms with Gasteiger partial charge < -0.3 is 9.84 Å². The van der Waals surface area contributed by atoms with Gasteiger partial charge in [-0.25, -0.2) is 0 Å². The van der Waals surface area contributed by atoms with Crippen molar-refractivity contribution in [3.8, 4) is 11.5 Å². The summed E-state index contributed by atoms with van der Waals surface area (Å²) in [6.45, 7) is 3.05. The third-order valence-corrected chi connectivity index (χ3v) is 5.86. The van der Waals surface area contributed by atoms with Crippen molar-refractivity contribution in [1.29, 1.82) is 0 Å². The van der Waals surface area contributed by atoms with Crippen molar-refractivity contribution in [1.82, 2.24) is 4.90 Å². The molecule has 24 heavy (non-hydrogen) atoms. The highest BCUT2D eigenvalue weighted by molar-refractivity contribution is 5.60. The van der Waals surface area contributed by atoms with Gasteiger partial charge in [-0.1, -0.05) is 31.2 Å². The topological polar surface area (TPSA) is 32.7 Å². The number of phenols is 1. The summed E-state index contributed by atoms with van der Waals surface area (Å²) < 4.78 is 5.45. The second kappa shape index (κ2) is 5.82. The van der Waals surface area contributed by atoms with Crippen LogP contribution < -0.4 is 4.74 Å². The Morgan fingerprint density at radius 1 is 1.21 bits per heavy atom. The van der Waals surface area contributed by atoms with Gasteiger partial charge in [-0.2, -0.15) is 0 Å². The molecule has 0 aromatic heterocycles. The predicted octanol–water partition coefficient (Wildman–Crippen LogP) is 3.86. The molecule has 1 N–H and O–H groups in total. The maximum absolute atomic E-state index is 10.8. The van der Waals surface area contributed by atoms with E-state index in [9.17, 15) is 5.11 Å². The van der Waals surface area contributed by atoms with Crippen LogP contribution in [-0.4, -0.2) is 30.2 Å². The van der Waals surface area contributed by atoms with E-state index in [-0.39, 0.29) is 0 Å². The molecule has 0 fully saturated rings. The Morgan fingerprint density at radius 3 is 2.71 bits per heavy atom. The van der Waals surface area contributed by atoms with Crippen molar-refractivity contribution in [2.45, 2.75) is 44.7 Å². The van der Waals surface area contributed by atoms with Crippen LogP contribution in [-0.2, 0) is 19.4 Å². The summed E-state index contributed by atoms with van der Waals surface area (Å²) in [6.07, 6.45) is 3.15. The van der Waals surface area contributed by atoms with Gasteiger partial charge in [0.15, 0.2) is 11.5 Å². The number of methoxy groups -OCH3 is 1. The predicted molar refractivity (Wildman–Crippen MR) is 95.9 cm³/mol. The lowest BCUT2D eigenvalue weighted by Gasteiger charge is -2.41. The number of aryl methyl sites for hydroxylation is 2. The number of benzene rings is 2. The quantitative estimate of drug-likeness (QED) is 0.911. The molecule has 2 aromatic rings. The van der Waals surface area contributed by atoms with E-state index in [0.29, 0.717) is 23.5 Å². The number of hydrogen-bond donors (Lipinski definition) is 1. The van der Waals surface area contributed by atoms with Gasteiger partial charge in [0, 0.05) is 24.1 Å². The lowest BCUT2D eigenvalue weighted by Crippen LogP contribution is -2.41. The highest BCUT2D eigenvalue weighted by Crippen LogP contribution is 2.49. The summed E-state index contributed by atoms with van der Waals surface area (Å²) in [4.78, 5) is 2.39. The summed E-state index contributed by atoms with van der Waals surface area (Å²) >= 11 is 0. The zero-order valence-electron chi connectivity index (χ0n) is 14.7. The summed E-state index contributed by atoms with van der Waals surface area (Å²) in [6, 6.07) is 11.4. The first-order valence-corrected chi connectivity index (χ1v) is 8.85. The van der Waals surface area contributed by atoms with E-state index in [1.807, 2.05) is 0 Å². The maximum atomic E-state index is 10.8. The minimum Gasteiger partial charge on any atom is -0.504 e. The molecule has 1 aliphatic heterocycles. The minimum atomic E-state index is 0.321. The van der Waals surface area contributed by atoms with E-state index in [1.165, 1.54) is 22.3 Å². The standard InChI is InChI=1S/C21H25NO2/c1-4-17-20-15-8-6-5-7-13(15)9-10-14-11-18(24-3)21(23)16(19(14)20)12-22(17)2/h5-8,11,17,20,23H,4,9-10,12H2,1-3H3. The number of likely N-dealkylation sites (N-methyl/N-ethyl adjacent to an activating group) is 1. The molecule has 2 aliphatic rings. The van der Waals surface area contributed by atoms with Crippen LogP contribution in [0, 0.1) is 0 Å². The SMILES string of the molecule is CCC1C2c3ccccc3CCc3cc(OC)c(O)c(c32)CN1C. The molecule has 2 atom stereocenters. The fraction of sp³-hybridized carbons (Fsp3) is 0.429. The van der Waals surface area contributed by atoms with Gasteiger partial charge in [0.25, 0.3) is 0 Å². The molecular weight excluding hydrogens is 298 g/mol. The van der Waals surface area contributed by atoms with E-state index in [4.69, 9.17) is 4.74 Å². The van der Waals surface area contributed by atoms with Crippen LogP contribution in [0.3, 0.4) is 0 Å². The Bertz CT molecular complexity index is 784. The van der Waals surface area contributed by atoms with E-state index in [2.05, 4.69) is 49.2 Å². The molecule has 1 aliphatic carbocycles. The van der Waals surface area contributed by atoms with E-state index in [1.54, 1.807) is 7.11 Å². The van der Waals surface area contributed by atoms with Crippen molar-refractivity contribution in [2.75, 3.05) is 14.2 Å². The van der Waals surface area contributed by atoms with Crippen molar-refractivity contribution in [2.24, 2.45) is 0 Å². The third kappa shape index (κ3) is 2.15. The summed E-state index contributed by atoms with van der Waals surface area (Å²) in [5.41, 5.74) is 6.62. The highest BCUT2D eigenvalue weighted by atomic mass is 16.5. The zero-order valence-corrected chi connectivity index (χ0v) is 14.7. The summed E-state index contributed by atoms with van der Waals surface area (Å²) in [7, 11) is 3.81. The molecule has 0 saturated carbocycles. The smallest absolute Gasteiger partial charge is 0.162 e. The molecule has 0 amide bonds. The number of phenolic OH excluding ortho intramolecular Hbond substituents is 1. The molecular formula is C21H25NO2. The molecule has 4 rings (SSSR count). The Hall–Kier alpha value is -2.00. The lowest BCUT2D eigenvalue weighted by atomic mass is 9.76. The molecule has 3 heteroatoms.